The lowest BCUT2D eigenvalue weighted by atomic mass is 10.0. The number of anilines is 1. The standard InChI is InChI=1S/C10H18N4O2S/c1-7(2)8(6-13(3)4)12-10-11-5-9(17-10)14(15)16/h5,7-8H,6H2,1-4H3,(H,11,12). The molecular formula is C10H18N4O2S. The Morgan fingerprint density at radius 2 is 2.24 bits per heavy atom. The molecule has 1 aromatic rings. The lowest BCUT2D eigenvalue weighted by molar-refractivity contribution is -0.380. The average Bonchev–Trinajstić information content (AvgIpc) is 2.64. The van der Waals surface area contributed by atoms with Crippen LogP contribution < -0.4 is 5.32 Å². The molecule has 1 unspecified atom stereocenters. The SMILES string of the molecule is CC(C)C(CN(C)C)Nc1ncc([N+](=O)[O-])s1. The van der Waals surface area contributed by atoms with E-state index in [9.17, 15) is 10.1 Å². The number of rotatable bonds is 6. The fraction of sp³-hybridized carbons (Fsp3) is 0.700. The van der Waals surface area contributed by atoms with Gasteiger partial charge in [-0.25, -0.2) is 4.98 Å². The van der Waals surface area contributed by atoms with E-state index in [-0.39, 0.29) is 11.0 Å². The van der Waals surface area contributed by atoms with E-state index in [1.165, 1.54) is 6.20 Å². The molecule has 17 heavy (non-hydrogen) atoms. The Hall–Kier alpha value is -1.21. The lowest BCUT2D eigenvalue weighted by Gasteiger charge is -2.25. The predicted octanol–water partition coefficient (Wildman–Crippen LogP) is 2.05. The summed E-state index contributed by atoms with van der Waals surface area (Å²) in [5.41, 5.74) is 0. The van der Waals surface area contributed by atoms with Crippen LogP contribution in [0, 0.1) is 16.0 Å². The number of hydrogen-bond donors (Lipinski definition) is 1. The summed E-state index contributed by atoms with van der Waals surface area (Å²) in [7, 11) is 4.00. The maximum atomic E-state index is 10.6. The molecule has 96 valence electrons. The van der Waals surface area contributed by atoms with Crippen molar-refractivity contribution in [2.45, 2.75) is 19.9 Å². The molecule has 1 heterocycles. The molecule has 0 saturated heterocycles. The van der Waals surface area contributed by atoms with Crippen LogP contribution >= 0.6 is 11.3 Å². The van der Waals surface area contributed by atoms with E-state index in [0.717, 1.165) is 17.9 Å². The van der Waals surface area contributed by atoms with Crippen LogP contribution in [0.1, 0.15) is 13.8 Å². The molecule has 0 aliphatic rings. The third-order valence-corrected chi connectivity index (χ3v) is 3.23. The van der Waals surface area contributed by atoms with Gasteiger partial charge >= 0.3 is 5.00 Å². The van der Waals surface area contributed by atoms with Crippen LogP contribution in [0.3, 0.4) is 0 Å². The van der Waals surface area contributed by atoms with Gasteiger partial charge in [0.2, 0.25) is 0 Å². The van der Waals surface area contributed by atoms with Crippen LogP contribution in [0.4, 0.5) is 10.1 Å². The summed E-state index contributed by atoms with van der Waals surface area (Å²) in [5, 5.41) is 14.5. The zero-order valence-corrected chi connectivity index (χ0v) is 11.3. The molecule has 1 rings (SSSR count). The summed E-state index contributed by atoms with van der Waals surface area (Å²) >= 11 is 1.07. The van der Waals surface area contributed by atoms with E-state index in [1.807, 2.05) is 14.1 Å². The minimum atomic E-state index is -0.417. The molecule has 0 amide bonds. The van der Waals surface area contributed by atoms with Gasteiger partial charge < -0.3 is 10.2 Å². The first-order valence-corrected chi connectivity index (χ1v) is 6.23. The van der Waals surface area contributed by atoms with Crippen molar-refractivity contribution < 1.29 is 4.92 Å². The third kappa shape index (κ3) is 4.27. The summed E-state index contributed by atoms with van der Waals surface area (Å²) in [4.78, 5) is 16.2. The molecule has 6 nitrogen and oxygen atoms in total. The molecule has 0 radical (unpaired) electrons. The van der Waals surface area contributed by atoms with Crippen molar-refractivity contribution in [1.82, 2.24) is 9.88 Å². The van der Waals surface area contributed by atoms with Gasteiger partial charge in [0.05, 0.1) is 4.92 Å². The monoisotopic (exact) mass is 258 g/mol. The number of thiazole rings is 1. The van der Waals surface area contributed by atoms with Crippen molar-refractivity contribution in [3.05, 3.63) is 16.3 Å². The number of nitrogens with zero attached hydrogens (tertiary/aromatic N) is 3. The quantitative estimate of drug-likeness (QED) is 0.624. The Kier molecular flexibility index (Phi) is 4.83. The molecular weight excluding hydrogens is 240 g/mol. The number of likely N-dealkylation sites (N-methyl/N-ethyl adjacent to an activating group) is 1. The average molecular weight is 258 g/mol. The van der Waals surface area contributed by atoms with Crippen molar-refractivity contribution in [3.63, 3.8) is 0 Å². The fourth-order valence-corrected chi connectivity index (χ4v) is 2.09. The molecule has 1 atom stereocenters. The van der Waals surface area contributed by atoms with Crippen molar-refractivity contribution >= 4 is 21.5 Å². The van der Waals surface area contributed by atoms with E-state index in [2.05, 4.69) is 29.0 Å². The van der Waals surface area contributed by atoms with Crippen LogP contribution in [0.2, 0.25) is 0 Å². The number of nitrogens with one attached hydrogen (secondary N) is 1. The summed E-state index contributed by atoms with van der Waals surface area (Å²) < 4.78 is 0. The molecule has 1 N–H and O–H groups in total. The minimum Gasteiger partial charge on any atom is -0.357 e. The van der Waals surface area contributed by atoms with Crippen molar-refractivity contribution in [2.24, 2.45) is 5.92 Å². The highest BCUT2D eigenvalue weighted by Crippen LogP contribution is 2.26. The Morgan fingerprint density at radius 1 is 1.59 bits per heavy atom. The Bertz CT molecular complexity index is 378. The highest BCUT2D eigenvalue weighted by Gasteiger charge is 2.18. The van der Waals surface area contributed by atoms with Gasteiger partial charge in [-0.3, -0.25) is 10.1 Å². The van der Waals surface area contributed by atoms with E-state index < -0.39 is 4.92 Å². The van der Waals surface area contributed by atoms with Gasteiger partial charge in [0.1, 0.15) is 6.20 Å². The molecule has 0 fully saturated rings. The first kappa shape index (κ1) is 13.9. The van der Waals surface area contributed by atoms with Gasteiger partial charge in [-0.05, 0) is 31.4 Å². The Morgan fingerprint density at radius 3 is 2.65 bits per heavy atom. The molecule has 1 aromatic heterocycles. The summed E-state index contributed by atoms with van der Waals surface area (Å²) in [5.74, 6) is 0.431. The van der Waals surface area contributed by atoms with Crippen molar-refractivity contribution in [3.8, 4) is 0 Å². The van der Waals surface area contributed by atoms with Gasteiger partial charge in [-0.15, -0.1) is 0 Å². The van der Waals surface area contributed by atoms with E-state index in [1.54, 1.807) is 0 Å². The van der Waals surface area contributed by atoms with Gasteiger partial charge in [0, 0.05) is 12.6 Å². The molecule has 0 bridgehead atoms. The predicted molar refractivity (Wildman–Crippen MR) is 69.6 cm³/mol. The van der Waals surface area contributed by atoms with E-state index in [0.29, 0.717) is 11.0 Å². The largest absolute Gasteiger partial charge is 0.357 e. The molecule has 0 aromatic carbocycles. The van der Waals surface area contributed by atoms with E-state index >= 15 is 0 Å². The minimum absolute atomic E-state index is 0.0693. The van der Waals surface area contributed by atoms with Crippen LogP contribution in [-0.2, 0) is 0 Å². The first-order valence-electron chi connectivity index (χ1n) is 5.41. The molecule has 7 heteroatoms. The maximum absolute atomic E-state index is 10.6. The number of nitro groups is 1. The second kappa shape index (κ2) is 5.92. The molecule has 0 saturated carbocycles. The number of aromatic nitrogens is 1. The van der Waals surface area contributed by atoms with E-state index in [4.69, 9.17) is 0 Å². The normalized spacial score (nSPS) is 13.1. The van der Waals surface area contributed by atoms with Gasteiger partial charge in [-0.1, -0.05) is 13.8 Å². The zero-order chi connectivity index (χ0) is 13.0. The first-order chi connectivity index (χ1) is 7.90. The zero-order valence-electron chi connectivity index (χ0n) is 10.5. The Balaban J connectivity index is 2.68. The Labute approximate surface area is 105 Å². The summed E-state index contributed by atoms with van der Waals surface area (Å²) in [6.45, 7) is 5.09. The topological polar surface area (TPSA) is 71.3 Å². The highest BCUT2D eigenvalue weighted by atomic mass is 32.1. The summed E-state index contributed by atoms with van der Waals surface area (Å²) in [6.07, 6.45) is 1.29. The second-order valence-corrected chi connectivity index (χ2v) is 5.53. The molecule has 0 aliphatic heterocycles. The van der Waals surface area contributed by atoms with Crippen LogP contribution in [0.5, 0.6) is 0 Å². The van der Waals surface area contributed by atoms with Crippen LogP contribution in [0.25, 0.3) is 0 Å². The molecule has 0 aliphatic carbocycles. The van der Waals surface area contributed by atoms with Gasteiger partial charge in [-0.2, -0.15) is 0 Å². The van der Waals surface area contributed by atoms with Crippen molar-refractivity contribution in [1.29, 1.82) is 0 Å². The summed E-state index contributed by atoms with van der Waals surface area (Å²) in [6, 6.07) is 0.232. The maximum Gasteiger partial charge on any atom is 0.345 e. The smallest absolute Gasteiger partial charge is 0.345 e. The van der Waals surface area contributed by atoms with Gasteiger partial charge in [0.15, 0.2) is 5.13 Å². The van der Waals surface area contributed by atoms with Gasteiger partial charge in [0.25, 0.3) is 0 Å². The fourth-order valence-electron chi connectivity index (χ4n) is 1.39. The number of hydrogen-bond acceptors (Lipinski definition) is 6. The second-order valence-electron chi connectivity index (χ2n) is 4.52. The third-order valence-electron chi connectivity index (χ3n) is 2.35. The lowest BCUT2D eigenvalue weighted by Crippen LogP contribution is -2.36. The van der Waals surface area contributed by atoms with Crippen LogP contribution in [-0.4, -0.2) is 41.5 Å². The molecule has 0 spiro atoms. The highest BCUT2D eigenvalue weighted by molar-refractivity contribution is 7.18. The van der Waals surface area contributed by atoms with Crippen molar-refractivity contribution in [2.75, 3.05) is 26.0 Å². The van der Waals surface area contributed by atoms with Crippen LogP contribution in [0.15, 0.2) is 6.20 Å².